The molecule has 0 aromatic heterocycles. The van der Waals surface area contributed by atoms with Crippen molar-refractivity contribution in [3.63, 3.8) is 0 Å². The van der Waals surface area contributed by atoms with Gasteiger partial charge in [0.15, 0.2) is 0 Å². The van der Waals surface area contributed by atoms with E-state index in [9.17, 15) is 9.59 Å². The zero-order valence-corrected chi connectivity index (χ0v) is 11.9. The van der Waals surface area contributed by atoms with E-state index in [-0.39, 0.29) is 23.9 Å². The summed E-state index contributed by atoms with van der Waals surface area (Å²) >= 11 is 0. The Morgan fingerprint density at radius 2 is 2.10 bits per heavy atom. The lowest BCUT2D eigenvalue weighted by Crippen LogP contribution is -2.55. The standard InChI is InChI=1S/C16H19N3O2/c20-15-6-5-12-10-18(7-8-19(12)15)16(21)14-9-11-3-1-2-4-13(11)17-14/h1-4,12,14,17H,5-10H2/t12?,14-/m0/s1. The van der Waals surface area contributed by atoms with Gasteiger partial charge in [-0.15, -0.1) is 0 Å². The average molecular weight is 285 g/mol. The summed E-state index contributed by atoms with van der Waals surface area (Å²) in [6.07, 6.45) is 2.29. The lowest BCUT2D eigenvalue weighted by molar-refractivity contribution is -0.139. The van der Waals surface area contributed by atoms with E-state index in [0.29, 0.717) is 26.1 Å². The van der Waals surface area contributed by atoms with Gasteiger partial charge in [-0.1, -0.05) is 18.2 Å². The second kappa shape index (κ2) is 4.76. The largest absolute Gasteiger partial charge is 0.373 e. The van der Waals surface area contributed by atoms with E-state index >= 15 is 0 Å². The molecule has 3 aliphatic rings. The van der Waals surface area contributed by atoms with Gasteiger partial charge in [-0.2, -0.15) is 0 Å². The number of para-hydroxylation sites is 1. The molecule has 1 unspecified atom stereocenters. The van der Waals surface area contributed by atoms with Crippen molar-refractivity contribution >= 4 is 17.5 Å². The molecule has 2 amide bonds. The first-order valence-corrected chi connectivity index (χ1v) is 7.65. The number of benzene rings is 1. The molecule has 2 saturated heterocycles. The van der Waals surface area contributed by atoms with Gasteiger partial charge >= 0.3 is 0 Å². The average Bonchev–Trinajstić information content (AvgIpc) is 3.10. The minimum absolute atomic E-state index is 0.147. The Labute approximate surface area is 123 Å². The maximum Gasteiger partial charge on any atom is 0.245 e. The van der Waals surface area contributed by atoms with Gasteiger partial charge in [-0.05, 0) is 18.1 Å². The van der Waals surface area contributed by atoms with Crippen LogP contribution in [0.3, 0.4) is 0 Å². The predicted octanol–water partition coefficient (Wildman–Crippen LogP) is 0.856. The van der Waals surface area contributed by atoms with Gasteiger partial charge in [0, 0.05) is 44.2 Å². The minimum atomic E-state index is -0.147. The van der Waals surface area contributed by atoms with E-state index in [1.54, 1.807) is 0 Å². The molecule has 21 heavy (non-hydrogen) atoms. The molecule has 1 aromatic carbocycles. The molecule has 110 valence electrons. The summed E-state index contributed by atoms with van der Waals surface area (Å²) in [4.78, 5) is 28.3. The van der Waals surface area contributed by atoms with Crippen LogP contribution in [0.2, 0.25) is 0 Å². The van der Waals surface area contributed by atoms with Crippen molar-refractivity contribution in [2.75, 3.05) is 25.0 Å². The van der Waals surface area contributed by atoms with E-state index in [1.807, 2.05) is 28.0 Å². The Bertz CT molecular complexity index is 576. The van der Waals surface area contributed by atoms with Crippen LogP contribution in [0.4, 0.5) is 5.69 Å². The van der Waals surface area contributed by atoms with E-state index < -0.39 is 0 Å². The third kappa shape index (κ3) is 2.07. The van der Waals surface area contributed by atoms with Crippen LogP contribution in [0.1, 0.15) is 18.4 Å². The van der Waals surface area contributed by atoms with Gasteiger partial charge in [0.1, 0.15) is 6.04 Å². The summed E-state index contributed by atoms with van der Waals surface area (Å²) in [5, 5.41) is 3.33. The summed E-state index contributed by atoms with van der Waals surface area (Å²) in [5.74, 6) is 0.420. The van der Waals surface area contributed by atoms with Gasteiger partial charge < -0.3 is 15.1 Å². The highest BCUT2D eigenvalue weighted by molar-refractivity contribution is 5.88. The molecule has 0 bridgehead atoms. The SMILES string of the molecule is O=C([C@@H]1Cc2ccccc2N1)N1CCN2C(=O)CCC2C1. The van der Waals surface area contributed by atoms with Crippen molar-refractivity contribution < 1.29 is 9.59 Å². The fourth-order valence-corrected chi connectivity index (χ4v) is 3.73. The number of carbonyl (C=O) groups is 2. The highest BCUT2D eigenvalue weighted by Crippen LogP contribution is 2.28. The van der Waals surface area contributed by atoms with Gasteiger partial charge in [0.25, 0.3) is 0 Å². The molecule has 0 saturated carbocycles. The molecule has 2 fully saturated rings. The molecular formula is C16H19N3O2. The fraction of sp³-hybridized carbons (Fsp3) is 0.500. The fourth-order valence-electron chi connectivity index (χ4n) is 3.73. The number of piperazine rings is 1. The Balaban J connectivity index is 1.44. The normalized spacial score (nSPS) is 27.3. The van der Waals surface area contributed by atoms with Crippen LogP contribution in [0.25, 0.3) is 0 Å². The molecule has 1 aromatic rings. The second-order valence-electron chi connectivity index (χ2n) is 6.12. The summed E-state index contributed by atoms with van der Waals surface area (Å²) in [7, 11) is 0. The molecule has 0 aliphatic carbocycles. The van der Waals surface area contributed by atoms with Crippen molar-refractivity contribution in [2.45, 2.75) is 31.3 Å². The first-order chi connectivity index (χ1) is 10.2. The topological polar surface area (TPSA) is 52.7 Å². The third-order valence-corrected chi connectivity index (χ3v) is 4.88. The number of amides is 2. The quantitative estimate of drug-likeness (QED) is 0.832. The van der Waals surface area contributed by atoms with Gasteiger partial charge in [-0.25, -0.2) is 0 Å². The molecule has 0 radical (unpaired) electrons. The summed E-state index contributed by atoms with van der Waals surface area (Å²) < 4.78 is 0. The monoisotopic (exact) mass is 285 g/mol. The number of nitrogens with one attached hydrogen (secondary N) is 1. The summed E-state index contributed by atoms with van der Waals surface area (Å²) in [5.41, 5.74) is 2.29. The zero-order valence-electron chi connectivity index (χ0n) is 11.9. The summed E-state index contributed by atoms with van der Waals surface area (Å²) in [6.45, 7) is 2.05. The van der Waals surface area contributed by atoms with Crippen molar-refractivity contribution in [1.82, 2.24) is 9.80 Å². The molecule has 5 nitrogen and oxygen atoms in total. The Kier molecular flexibility index (Phi) is 2.87. The minimum Gasteiger partial charge on any atom is -0.373 e. The van der Waals surface area contributed by atoms with Gasteiger partial charge in [0.05, 0.1) is 0 Å². The molecule has 4 rings (SSSR count). The van der Waals surface area contributed by atoms with Crippen LogP contribution in [0, 0.1) is 0 Å². The van der Waals surface area contributed by atoms with E-state index in [1.165, 1.54) is 5.56 Å². The Morgan fingerprint density at radius 3 is 2.95 bits per heavy atom. The van der Waals surface area contributed by atoms with Crippen LogP contribution < -0.4 is 5.32 Å². The van der Waals surface area contributed by atoms with E-state index in [4.69, 9.17) is 0 Å². The molecule has 0 spiro atoms. The molecular weight excluding hydrogens is 266 g/mol. The van der Waals surface area contributed by atoms with E-state index in [2.05, 4.69) is 11.4 Å². The highest BCUT2D eigenvalue weighted by atomic mass is 16.2. The maximum absolute atomic E-state index is 12.7. The maximum atomic E-state index is 12.7. The Morgan fingerprint density at radius 1 is 1.24 bits per heavy atom. The number of hydrogen-bond donors (Lipinski definition) is 1. The molecule has 2 atom stereocenters. The van der Waals surface area contributed by atoms with Crippen LogP contribution >= 0.6 is 0 Å². The first-order valence-electron chi connectivity index (χ1n) is 7.65. The first kappa shape index (κ1) is 12.7. The Hall–Kier alpha value is -2.04. The van der Waals surface area contributed by atoms with Gasteiger partial charge in [0.2, 0.25) is 11.8 Å². The third-order valence-electron chi connectivity index (χ3n) is 4.88. The van der Waals surface area contributed by atoms with Crippen LogP contribution in [0.5, 0.6) is 0 Å². The van der Waals surface area contributed by atoms with Crippen molar-refractivity contribution in [1.29, 1.82) is 0 Å². The van der Waals surface area contributed by atoms with Crippen LogP contribution in [-0.2, 0) is 16.0 Å². The number of carbonyl (C=O) groups excluding carboxylic acids is 2. The number of fused-ring (bicyclic) bond motifs is 2. The molecule has 3 heterocycles. The van der Waals surface area contributed by atoms with E-state index in [0.717, 1.165) is 18.5 Å². The molecule has 3 aliphatic heterocycles. The zero-order chi connectivity index (χ0) is 14.4. The van der Waals surface area contributed by atoms with Crippen LogP contribution in [-0.4, -0.2) is 53.3 Å². The van der Waals surface area contributed by atoms with Crippen LogP contribution in [0.15, 0.2) is 24.3 Å². The second-order valence-corrected chi connectivity index (χ2v) is 6.12. The van der Waals surface area contributed by atoms with Gasteiger partial charge in [-0.3, -0.25) is 9.59 Å². The molecule has 5 heteroatoms. The highest BCUT2D eigenvalue weighted by Gasteiger charge is 2.39. The molecule has 1 N–H and O–H groups in total. The number of hydrogen-bond acceptors (Lipinski definition) is 3. The smallest absolute Gasteiger partial charge is 0.245 e. The predicted molar refractivity (Wildman–Crippen MR) is 78.9 cm³/mol. The lowest BCUT2D eigenvalue weighted by Gasteiger charge is -2.38. The van der Waals surface area contributed by atoms with Crippen molar-refractivity contribution in [3.8, 4) is 0 Å². The summed E-state index contributed by atoms with van der Waals surface area (Å²) in [6, 6.07) is 8.18. The lowest BCUT2D eigenvalue weighted by atomic mass is 10.1. The van der Waals surface area contributed by atoms with Crippen molar-refractivity contribution in [3.05, 3.63) is 29.8 Å². The van der Waals surface area contributed by atoms with Crippen molar-refractivity contribution in [2.24, 2.45) is 0 Å². The number of nitrogens with zero attached hydrogens (tertiary/aromatic N) is 2. The number of rotatable bonds is 1. The number of anilines is 1.